The fourth-order valence-electron chi connectivity index (χ4n) is 1.46. The van der Waals surface area contributed by atoms with E-state index in [9.17, 15) is 9.59 Å². The molecule has 94 valence electrons. The van der Waals surface area contributed by atoms with Gasteiger partial charge in [0.15, 0.2) is 0 Å². The molecule has 1 atom stereocenters. The second-order valence-electron chi connectivity index (χ2n) is 3.91. The molecule has 4 nitrogen and oxygen atoms in total. The van der Waals surface area contributed by atoms with Crippen LogP contribution in [0.15, 0.2) is 0 Å². The third-order valence-corrected chi connectivity index (χ3v) is 2.39. The maximum atomic E-state index is 11.4. The third-order valence-electron chi connectivity index (χ3n) is 2.39. The van der Waals surface area contributed by atoms with Crippen molar-refractivity contribution in [2.24, 2.45) is 0 Å². The van der Waals surface area contributed by atoms with E-state index in [4.69, 9.17) is 9.84 Å². The van der Waals surface area contributed by atoms with E-state index in [-0.39, 0.29) is 18.5 Å². The molecule has 0 aliphatic carbocycles. The van der Waals surface area contributed by atoms with Crippen molar-refractivity contribution in [2.75, 3.05) is 0 Å². The first-order valence-electron chi connectivity index (χ1n) is 6.01. The van der Waals surface area contributed by atoms with E-state index < -0.39 is 5.97 Å². The highest BCUT2D eigenvalue weighted by Gasteiger charge is 2.11. The number of esters is 1. The summed E-state index contributed by atoms with van der Waals surface area (Å²) in [6, 6.07) is 0. The highest BCUT2D eigenvalue weighted by Crippen LogP contribution is 2.09. The zero-order chi connectivity index (χ0) is 12.4. The average Bonchev–Trinajstić information content (AvgIpc) is 2.23. The second kappa shape index (κ2) is 9.19. The maximum Gasteiger partial charge on any atom is 0.306 e. The Bertz CT molecular complexity index is 213. The molecule has 0 rings (SSSR count). The molecule has 0 aromatic heterocycles. The van der Waals surface area contributed by atoms with E-state index in [0.29, 0.717) is 19.3 Å². The Balaban J connectivity index is 3.60. The Morgan fingerprint density at radius 3 is 2.31 bits per heavy atom. The molecule has 0 spiro atoms. The van der Waals surface area contributed by atoms with E-state index in [0.717, 1.165) is 19.3 Å². The number of ether oxygens (including phenoxy) is 1. The highest BCUT2D eigenvalue weighted by molar-refractivity contribution is 5.70. The van der Waals surface area contributed by atoms with Gasteiger partial charge in [0.25, 0.3) is 0 Å². The summed E-state index contributed by atoms with van der Waals surface area (Å²) >= 11 is 0. The summed E-state index contributed by atoms with van der Waals surface area (Å²) in [4.78, 5) is 21.6. The van der Waals surface area contributed by atoms with Crippen molar-refractivity contribution in [1.29, 1.82) is 0 Å². The van der Waals surface area contributed by atoms with Gasteiger partial charge in [-0.15, -0.1) is 0 Å². The van der Waals surface area contributed by atoms with Gasteiger partial charge in [-0.3, -0.25) is 9.59 Å². The smallest absolute Gasteiger partial charge is 0.306 e. The number of carbonyl (C=O) groups excluding carboxylic acids is 1. The van der Waals surface area contributed by atoms with Gasteiger partial charge >= 0.3 is 11.9 Å². The number of unbranched alkanes of at least 4 members (excludes halogenated alkanes) is 1. The molecule has 16 heavy (non-hydrogen) atoms. The van der Waals surface area contributed by atoms with Crippen LogP contribution in [0.3, 0.4) is 0 Å². The van der Waals surface area contributed by atoms with Gasteiger partial charge in [0.2, 0.25) is 0 Å². The molecule has 0 fully saturated rings. The number of carboxylic acids is 1. The second-order valence-corrected chi connectivity index (χ2v) is 3.91. The van der Waals surface area contributed by atoms with Gasteiger partial charge in [-0.1, -0.05) is 20.3 Å². The SMILES string of the molecule is CCCC(CC)OC(=O)CCCCC(=O)O. The molecular formula is C12H22O4. The minimum atomic E-state index is -0.814. The molecule has 0 aromatic rings. The van der Waals surface area contributed by atoms with Crippen molar-refractivity contribution in [3.05, 3.63) is 0 Å². The summed E-state index contributed by atoms with van der Waals surface area (Å²) in [5.41, 5.74) is 0. The van der Waals surface area contributed by atoms with Gasteiger partial charge < -0.3 is 9.84 Å². The van der Waals surface area contributed by atoms with Gasteiger partial charge in [-0.05, 0) is 25.7 Å². The van der Waals surface area contributed by atoms with Gasteiger partial charge in [0.1, 0.15) is 6.10 Å². The monoisotopic (exact) mass is 230 g/mol. The maximum absolute atomic E-state index is 11.4. The lowest BCUT2D eigenvalue weighted by atomic mass is 10.1. The largest absolute Gasteiger partial charge is 0.481 e. The molecular weight excluding hydrogens is 208 g/mol. The lowest BCUT2D eigenvalue weighted by Gasteiger charge is -2.14. The van der Waals surface area contributed by atoms with Crippen LogP contribution >= 0.6 is 0 Å². The predicted octanol–water partition coefficient (Wildman–Crippen LogP) is 2.75. The van der Waals surface area contributed by atoms with Crippen molar-refractivity contribution in [2.45, 2.75) is 64.9 Å². The van der Waals surface area contributed by atoms with Crippen LogP contribution in [0, 0.1) is 0 Å². The zero-order valence-electron chi connectivity index (χ0n) is 10.2. The van der Waals surface area contributed by atoms with Crippen molar-refractivity contribution in [3.63, 3.8) is 0 Å². The van der Waals surface area contributed by atoms with E-state index >= 15 is 0 Å². The first kappa shape index (κ1) is 14.9. The van der Waals surface area contributed by atoms with Crippen molar-refractivity contribution in [3.8, 4) is 0 Å². The van der Waals surface area contributed by atoms with Gasteiger partial charge in [0, 0.05) is 12.8 Å². The lowest BCUT2D eigenvalue weighted by molar-refractivity contribution is -0.150. The normalized spacial score (nSPS) is 12.1. The molecule has 0 bridgehead atoms. The third kappa shape index (κ3) is 8.26. The first-order valence-corrected chi connectivity index (χ1v) is 6.01. The molecule has 0 heterocycles. The Morgan fingerprint density at radius 1 is 1.19 bits per heavy atom. The minimum absolute atomic E-state index is 0.0250. The van der Waals surface area contributed by atoms with E-state index in [1.165, 1.54) is 0 Å². The number of hydrogen-bond acceptors (Lipinski definition) is 3. The number of hydrogen-bond donors (Lipinski definition) is 1. The topological polar surface area (TPSA) is 63.6 Å². The van der Waals surface area contributed by atoms with Crippen molar-refractivity contribution in [1.82, 2.24) is 0 Å². The summed E-state index contributed by atoms with van der Waals surface area (Å²) < 4.78 is 5.26. The van der Waals surface area contributed by atoms with Gasteiger partial charge in [-0.2, -0.15) is 0 Å². The summed E-state index contributed by atoms with van der Waals surface area (Å²) in [5, 5.41) is 8.42. The molecule has 1 unspecified atom stereocenters. The summed E-state index contributed by atoms with van der Waals surface area (Å²) in [6.45, 7) is 4.06. The summed E-state index contributed by atoms with van der Waals surface area (Å²) in [7, 11) is 0. The first-order chi connectivity index (χ1) is 7.60. The van der Waals surface area contributed by atoms with Crippen LogP contribution in [0.4, 0.5) is 0 Å². The van der Waals surface area contributed by atoms with Crippen molar-refractivity contribution >= 4 is 11.9 Å². The molecule has 0 radical (unpaired) electrons. The van der Waals surface area contributed by atoms with E-state index in [1.807, 2.05) is 6.92 Å². The fourth-order valence-corrected chi connectivity index (χ4v) is 1.46. The van der Waals surface area contributed by atoms with Crippen LogP contribution in [0.25, 0.3) is 0 Å². The van der Waals surface area contributed by atoms with Crippen LogP contribution in [0.2, 0.25) is 0 Å². The Morgan fingerprint density at radius 2 is 1.81 bits per heavy atom. The van der Waals surface area contributed by atoms with Crippen molar-refractivity contribution < 1.29 is 19.4 Å². The molecule has 0 aliphatic rings. The van der Waals surface area contributed by atoms with Gasteiger partial charge in [-0.25, -0.2) is 0 Å². The average molecular weight is 230 g/mol. The van der Waals surface area contributed by atoms with E-state index in [1.54, 1.807) is 0 Å². The van der Waals surface area contributed by atoms with Gasteiger partial charge in [0.05, 0.1) is 0 Å². The molecule has 0 amide bonds. The molecule has 4 heteroatoms. The van der Waals surface area contributed by atoms with Crippen LogP contribution < -0.4 is 0 Å². The summed E-state index contributed by atoms with van der Waals surface area (Å²) in [5.74, 6) is -1.02. The predicted molar refractivity (Wildman–Crippen MR) is 61.2 cm³/mol. The van der Waals surface area contributed by atoms with Crippen LogP contribution in [-0.2, 0) is 14.3 Å². The van der Waals surface area contributed by atoms with E-state index in [2.05, 4.69) is 6.92 Å². The van der Waals surface area contributed by atoms with Crippen LogP contribution in [0.5, 0.6) is 0 Å². The zero-order valence-corrected chi connectivity index (χ0v) is 10.2. The Kier molecular flexibility index (Phi) is 8.58. The lowest BCUT2D eigenvalue weighted by Crippen LogP contribution is -2.17. The molecule has 0 aliphatic heterocycles. The standard InChI is InChI=1S/C12H22O4/c1-3-7-10(4-2)16-12(15)9-6-5-8-11(13)14/h10H,3-9H2,1-2H3,(H,13,14). The quantitative estimate of drug-likeness (QED) is 0.488. The number of rotatable bonds is 9. The molecule has 0 aromatic carbocycles. The van der Waals surface area contributed by atoms with Crippen LogP contribution in [0.1, 0.15) is 58.8 Å². The fraction of sp³-hybridized carbons (Fsp3) is 0.833. The number of aliphatic carboxylic acids is 1. The highest BCUT2D eigenvalue weighted by atomic mass is 16.5. The number of carbonyl (C=O) groups is 2. The number of carboxylic acid groups (broad SMARTS) is 1. The molecule has 0 saturated carbocycles. The van der Waals surface area contributed by atoms with Crippen LogP contribution in [-0.4, -0.2) is 23.1 Å². The Labute approximate surface area is 97.0 Å². The molecule has 0 saturated heterocycles. The Hall–Kier alpha value is -1.06. The molecule has 1 N–H and O–H groups in total. The minimum Gasteiger partial charge on any atom is -0.481 e. The summed E-state index contributed by atoms with van der Waals surface area (Å²) in [6.07, 6.45) is 4.35.